The summed E-state index contributed by atoms with van der Waals surface area (Å²) in [5, 5.41) is 7.24. The molecule has 0 saturated heterocycles. The van der Waals surface area contributed by atoms with Crippen LogP contribution in [0.15, 0.2) is 29.3 Å². The molecule has 2 aliphatic rings. The van der Waals surface area contributed by atoms with Gasteiger partial charge >= 0.3 is 0 Å². The highest BCUT2D eigenvalue weighted by molar-refractivity contribution is 7.13. The van der Waals surface area contributed by atoms with Crippen molar-refractivity contribution in [2.45, 2.75) is 57.5 Å². The van der Waals surface area contributed by atoms with Crippen LogP contribution in [-0.2, 0) is 27.4 Å². The van der Waals surface area contributed by atoms with E-state index in [0.29, 0.717) is 35.6 Å². The first-order valence-electron chi connectivity index (χ1n) is 13.3. The van der Waals surface area contributed by atoms with Crippen molar-refractivity contribution in [2.75, 3.05) is 33.0 Å². The molecule has 1 aromatic carbocycles. The molecule has 40 heavy (non-hydrogen) atoms. The number of aliphatic imine (C=N–C) groups is 1. The number of hydrogen-bond acceptors (Lipinski definition) is 9. The fourth-order valence-corrected chi connectivity index (χ4v) is 6.14. The van der Waals surface area contributed by atoms with Gasteiger partial charge in [-0.15, -0.1) is 11.3 Å². The van der Waals surface area contributed by atoms with Crippen LogP contribution in [0.2, 0.25) is 5.02 Å². The first-order valence-corrected chi connectivity index (χ1v) is 14.5. The van der Waals surface area contributed by atoms with Gasteiger partial charge in [-0.1, -0.05) is 11.6 Å². The van der Waals surface area contributed by atoms with E-state index in [1.807, 2.05) is 19.2 Å². The lowest BCUT2D eigenvalue weighted by molar-refractivity contribution is -0.134. The number of aldehydes is 1. The molecule has 13 heteroatoms. The molecule has 0 bridgehead atoms. The van der Waals surface area contributed by atoms with Crippen molar-refractivity contribution >= 4 is 52.6 Å². The summed E-state index contributed by atoms with van der Waals surface area (Å²) in [6, 6.07) is 6.26. The molecule has 216 valence electrons. The van der Waals surface area contributed by atoms with Gasteiger partial charge in [0.1, 0.15) is 0 Å². The van der Waals surface area contributed by atoms with Crippen LogP contribution in [0.5, 0.6) is 0 Å². The fraction of sp³-hybridized carbons (Fsp3) is 0.519. The Balaban J connectivity index is 1.44. The SMILES string of the molecule is CC(Nc1ccc(Cl)cc1)ONC(C=O)=N[C@H]1CCC(C(=O)N(C)C)C[C@H]1NC(=O)c1nc2c(s1)CN(C)CC2. The topological polar surface area (TPSA) is 128 Å². The minimum absolute atomic E-state index is 0.000795. The zero-order chi connectivity index (χ0) is 28.8. The van der Waals surface area contributed by atoms with Crippen LogP contribution < -0.4 is 16.1 Å². The number of amidine groups is 1. The van der Waals surface area contributed by atoms with Crippen LogP contribution >= 0.6 is 22.9 Å². The van der Waals surface area contributed by atoms with Gasteiger partial charge in [-0.3, -0.25) is 24.2 Å². The Morgan fingerprint density at radius 3 is 2.73 bits per heavy atom. The van der Waals surface area contributed by atoms with Gasteiger partial charge in [-0.25, -0.2) is 10.5 Å². The first kappa shape index (κ1) is 29.9. The second kappa shape index (κ2) is 13.5. The molecular formula is C27H36ClN7O4S. The molecule has 1 saturated carbocycles. The minimum atomic E-state index is -0.495. The molecular weight excluding hydrogens is 554 g/mol. The second-order valence-corrected chi connectivity index (χ2v) is 11.9. The highest BCUT2D eigenvalue weighted by Gasteiger charge is 2.36. The summed E-state index contributed by atoms with van der Waals surface area (Å²) in [5.41, 5.74) is 4.40. The number of amides is 2. The van der Waals surface area contributed by atoms with Crippen LogP contribution in [0, 0.1) is 5.92 Å². The number of carbonyl (C=O) groups is 3. The summed E-state index contributed by atoms with van der Waals surface area (Å²) in [6.45, 7) is 3.45. The van der Waals surface area contributed by atoms with Gasteiger partial charge in [0.05, 0.1) is 17.8 Å². The number of aromatic nitrogens is 1. The van der Waals surface area contributed by atoms with Crippen molar-refractivity contribution in [2.24, 2.45) is 10.9 Å². The average molecular weight is 590 g/mol. The quantitative estimate of drug-likeness (QED) is 0.134. The molecule has 0 radical (unpaired) electrons. The number of fused-ring (bicyclic) bond motifs is 1. The normalized spacial score (nSPS) is 22.1. The van der Waals surface area contributed by atoms with Crippen LogP contribution in [-0.4, -0.2) is 84.7 Å². The molecule has 2 aromatic rings. The number of rotatable bonds is 9. The summed E-state index contributed by atoms with van der Waals surface area (Å²) in [6.07, 6.45) is 2.42. The van der Waals surface area contributed by atoms with Crippen molar-refractivity contribution in [3.8, 4) is 0 Å². The van der Waals surface area contributed by atoms with E-state index >= 15 is 0 Å². The monoisotopic (exact) mass is 589 g/mol. The van der Waals surface area contributed by atoms with Crippen LogP contribution in [0.25, 0.3) is 0 Å². The zero-order valence-electron chi connectivity index (χ0n) is 23.1. The van der Waals surface area contributed by atoms with Crippen molar-refractivity contribution in [3.05, 3.63) is 44.9 Å². The van der Waals surface area contributed by atoms with Gasteiger partial charge in [0.15, 0.2) is 23.4 Å². The number of benzene rings is 1. The molecule has 2 heterocycles. The lowest BCUT2D eigenvalue weighted by atomic mass is 9.81. The summed E-state index contributed by atoms with van der Waals surface area (Å²) in [5.74, 6) is -0.534. The number of thiazole rings is 1. The van der Waals surface area contributed by atoms with E-state index in [9.17, 15) is 14.4 Å². The third-order valence-electron chi connectivity index (χ3n) is 7.01. The van der Waals surface area contributed by atoms with E-state index in [0.717, 1.165) is 35.8 Å². The number of anilines is 1. The Bertz CT molecular complexity index is 1240. The number of hydroxylamine groups is 1. The molecule has 4 rings (SSSR count). The summed E-state index contributed by atoms with van der Waals surface area (Å²) < 4.78 is 0. The van der Waals surface area contributed by atoms with Gasteiger partial charge in [-0.2, -0.15) is 0 Å². The standard InChI is InChI=1S/C27H36ClN7O4S/c1-16(29-19-8-6-18(28)7-9-19)39-33-24(15-36)30-20-10-5-17(27(38)34(2)3)13-22(20)31-25(37)26-32-21-11-12-35(4)14-23(21)40-26/h6-9,15-17,20,22,29H,5,10-14H2,1-4H3,(H,30,33)(H,31,37)/t16?,17?,20-,22+/m0/s1. The number of nitrogens with one attached hydrogen (secondary N) is 3. The Hall–Kier alpha value is -3.06. The molecule has 4 atom stereocenters. The molecule has 1 aliphatic carbocycles. The maximum Gasteiger partial charge on any atom is 0.280 e. The fourth-order valence-electron chi connectivity index (χ4n) is 4.92. The first-order chi connectivity index (χ1) is 19.1. The Kier molecular flexibility index (Phi) is 10.1. The molecule has 1 aliphatic heterocycles. The lowest BCUT2D eigenvalue weighted by Gasteiger charge is -2.35. The smallest absolute Gasteiger partial charge is 0.280 e. The predicted octanol–water partition coefficient (Wildman–Crippen LogP) is 2.72. The average Bonchev–Trinajstić information content (AvgIpc) is 3.36. The number of nitrogens with zero attached hydrogens (tertiary/aromatic N) is 4. The number of halogens is 1. The Morgan fingerprint density at radius 2 is 2.02 bits per heavy atom. The number of likely N-dealkylation sites (N-methyl/N-ethyl adjacent to an activating group) is 1. The maximum absolute atomic E-state index is 13.3. The molecule has 1 fully saturated rings. The lowest BCUT2D eigenvalue weighted by Crippen LogP contribution is -2.49. The van der Waals surface area contributed by atoms with Crippen LogP contribution in [0.4, 0.5) is 5.69 Å². The highest BCUT2D eigenvalue weighted by atomic mass is 35.5. The zero-order valence-corrected chi connectivity index (χ0v) is 24.7. The molecule has 11 nitrogen and oxygen atoms in total. The van der Waals surface area contributed by atoms with Gasteiger partial charge in [0.25, 0.3) is 5.91 Å². The van der Waals surface area contributed by atoms with Crippen molar-refractivity contribution in [1.82, 2.24) is 25.6 Å². The van der Waals surface area contributed by atoms with Gasteiger partial charge in [0, 0.05) is 55.1 Å². The van der Waals surface area contributed by atoms with Crippen molar-refractivity contribution < 1.29 is 19.2 Å². The number of hydrogen-bond donors (Lipinski definition) is 3. The van der Waals surface area contributed by atoms with E-state index in [1.54, 1.807) is 38.1 Å². The third kappa shape index (κ3) is 7.78. The minimum Gasteiger partial charge on any atom is -0.358 e. The van der Waals surface area contributed by atoms with E-state index < -0.39 is 18.3 Å². The Labute approximate surface area is 243 Å². The van der Waals surface area contributed by atoms with Gasteiger partial charge in [0.2, 0.25) is 5.91 Å². The van der Waals surface area contributed by atoms with Crippen LogP contribution in [0.3, 0.4) is 0 Å². The van der Waals surface area contributed by atoms with E-state index in [1.165, 1.54) is 11.3 Å². The van der Waals surface area contributed by atoms with Gasteiger partial charge < -0.3 is 20.4 Å². The van der Waals surface area contributed by atoms with Crippen LogP contribution in [0.1, 0.15) is 46.6 Å². The molecule has 3 N–H and O–H groups in total. The van der Waals surface area contributed by atoms with Crippen molar-refractivity contribution in [1.29, 1.82) is 0 Å². The van der Waals surface area contributed by atoms with E-state index in [4.69, 9.17) is 16.4 Å². The maximum atomic E-state index is 13.3. The van der Waals surface area contributed by atoms with E-state index in [-0.39, 0.29) is 23.6 Å². The number of carbonyl (C=O) groups excluding carboxylic acids is 3. The van der Waals surface area contributed by atoms with Gasteiger partial charge in [-0.05, 0) is 57.5 Å². The van der Waals surface area contributed by atoms with E-state index in [2.05, 4.69) is 31.0 Å². The molecule has 0 spiro atoms. The molecule has 2 unspecified atom stereocenters. The summed E-state index contributed by atoms with van der Waals surface area (Å²) in [4.78, 5) is 57.5. The summed E-state index contributed by atoms with van der Waals surface area (Å²) >= 11 is 7.33. The largest absolute Gasteiger partial charge is 0.358 e. The molecule has 1 aromatic heterocycles. The Morgan fingerprint density at radius 1 is 1.27 bits per heavy atom. The highest BCUT2D eigenvalue weighted by Crippen LogP contribution is 2.30. The molecule has 2 amide bonds. The van der Waals surface area contributed by atoms with Crippen molar-refractivity contribution in [3.63, 3.8) is 0 Å². The third-order valence-corrected chi connectivity index (χ3v) is 8.34. The predicted molar refractivity (Wildman–Crippen MR) is 155 cm³/mol. The summed E-state index contributed by atoms with van der Waals surface area (Å²) in [7, 11) is 5.50. The second-order valence-electron chi connectivity index (χ2n) is 10.4.